The first-order valence-electron chi connectivity index (χ1n) is 12.9. The van der Waals surface area contributed by atoms with Crippen molar-refractivity contribution in [2.75, 3.05) is 0 Å². The number of hydrogen-bond donors (Lipinski definition) is 0. The summed E-state index contributed by atoms with van der Waals surface area (Å²) in [6, 6.07) is 0. The molecule has 4 rings (SSSR count). The van der Waals surface area contributed by atoms with Crippen LogP contribution in [0.1, 0.15) is 121 Å². The first kappa shape index (κ1) is 21.0. The van der Waals surface area contributed by atoms with E-state index in [9.17, 15) is 0 Å². The first-order chi connectivity index (χ1) is 13.2. The van der Waals surface area contributed by atoms with Gasteiger partial charge in [-0.2, -0.15) is 0 Å². The van der Waals surface area contributed by atoms with Gasteiger partial charge in [0.05, 0.1) is 0 Å². The third-order valence-electron chi connectivity index (χ3n) is 11.0. The zero-order valence-electron chi connectivity index (χ0n) is 19.8. The maximum Gasteiger partial charge on any atom is 0 e. The minimum atomic E-state index is 0. The lowest BCUT2D eigenvalue weighted by Crippen LogP contribution is -2.58. The van der Waals surface area contributed by atoms with Crippen molar-refractivity contribution in [1.82, 2.24) is 0 Å². The van der Waals surface area contributed by atoms with Crippen LogP contribution < -0.4 is 0 Å². The second-order valence-electron chi connectivity index (χ2n) is 12.8. The molecule has 0 N–H and O–H groups in total. The van der Waals surface area contributed by atoms with Gasteiger partial charge in [0.2, 0.25) is 0 Å². The molecular formula is C28H52. The molecule has 0 heterocycles. The maximum absolute atomic E-state index is 4.38. The van der Waals surface area contributed by atoms with Crippen LogP contribution in [0.5, 0.6) is 0 Å². The van der Waals surface area contributed by atoms with Crippen LogP contribution in [0.25, 0.3) is 0 Å². The predicted molar refractivity (Wildman–Crippen MR) is 127 cm³/mol. The normalized spacial score (nSPS) is 48.3. The largest absolute Gasteiger partial charge is 0.0999 e. The van der Waals surface area contributed by atoms with Gasteiger partial charge in [0.25, 0.3) is 0 Å². The average Bonchev–Trinajstić information content (AvgIpc) is 2.97. The van der Waals surface area contributed by atoms with E-state index in [0.717, 1.165) is 29.6 Å². The third-order valence-corrected chi connectivity index (χ3v) is 11.0. The zero-order chi connectivity index (χ0) is 20.2. The second kappa shape index (κ2) is 7.46. The molecule has 0 spiro atoms. The maximum atomic E-state index is 4.38. The molecule has 4 aliphatic carbocycles. The first-order valence-corrected chi connectivity index (χ1v) is 12.9. The molecule has 0 aromatic carbocycles. The molecule has 4 aliphatic rings. The lowest BCUT2D eigenvalue weighted by molar-refractivity contribution is -0.160. The highest BCUT2D eigenvalue weighted by molar-refractivity contribution is 5.16. The van der Waals surface area contributed by atoms with Crippen molar-refractivity contribution in [2.24, 2.45) is 45.8 Å². The standard InChI is InChI=1S/C28H48.2H2/c1-20(2)9-7-8-10-22-11-12-24-26(22,4)18-15-25-27(5)16-13-21(3)19-23(27)14-17-28(24,25)6;;/h20,22-25H,3,7-19H2,1-2,4-6H3;2*1H/t22-,23-,24?,25?,26+,27-,28-;;/m0../s1. The second-order valence-corrected chi connectivity index (χ2v) is 12.8. The summed E-state index contributed by atoms with van der Waals surface area (Å²) in [6.07, 6.45) is 19.0. The molecule has 0 aromatic heterocycles. The Labute approximate surface area is 179 Å². The average molecular weight is 389 g/mol. The summed E-state index contributed by atoms with van der Waals surface area (Å²) in [6.45, 7) is 17.3. The van der Waals surface area contributed by atoms with Gasteiger partial charge >= 0.3 is 0 Å². The van der Waals surface area contributed by atoms with Crippen molar-refractivity contribution < 1.29 is 2.85 Å². The molecule has 28 heavy (non-hydrogen) atoms. The van der Waals surface area contributed by atoms with Crippen LogP contribution in [-0.4, -0.2) is 0 Å². The molecule has 7 atom stereocenters. The molecule has 0 heteroatoms. The molecular weight excluding hydrogens is 336 g/mol. The summed E-state index contributed by atoms with van der Waals surface area (Å²) in [5.74, 6) is 4.80. The molecule has 0 aromatic rings. The van der Waals surface area contributed by atoms with E-state index in [0.29, 0.717) is 16.2 Å². The van der Waals surface area contributed by atoms with Gasteiger partial charge < -0.3 is 0 Å². The summed E-state index contributed by atoms with van der Waals surface area (Å²) in [4.78, 5) is 0. The van der Waals surface area contributed by atoms with Crippen molar-refractivity contribution >= 4 is 0 Å². The van der Waals surface area contributed by atoms with Crippen molar-refractivity contribution in [1.29, 1.82) is 0 Å². The summed E-state index contributed by atoms with van der Waals surface area (Å²) < 4.78 is 0. The minimum absolute atomic E-state index is 0. The SMILES string of the molecule is C=C1CC[C@]2(C)C3CC[C@@]4(C)C(CC[C@@H]4CCCCC(C)C)[C@]3(C)CC[C@H]2C1.[HH].[HH]. The molecule has 0 radical (unpaired) electrons. The van der Waals surface area contributed by atoms with Crippen molar-refractivity contribution in [3.05, 3.63) is 12.2 Å². The van der Waals surface area contributed by atoms with Crippen molar-refractivity contribution in [2.45, 2.75) is 118 Å². The lowest BCUT2D eigenvalue weighted by Gasteiger charge is -2.65. The van der Waals surface area contributed by atoms with Gasteiger partial charge in [-0.25, -0.2) is 0 Å². The van der Waals surface area contributed by atoms with Crippen LogP contribution in [0.3, 0.4) is 0 Å². The van der Waals surface area contributed by atoms with E-state index < -0.39 is 0 Å². The van der Waals surface area contributed by atoms with Crippen LogP contribution in [-0.2, 0) is 0 Å². The highest BCUT2D eigenvalue weighted by Crippen LogP contribution is 2.72. The Morgan fingerprint density at radius 3 is 2.36 bits per heavy atom. The van der Waals surface area contributed by atoms with Crippen LogP contribution in [0.15, 0.2) is 12.2 Å². The Kier molecular flexibility index (Phi) is 5.59. The number of unbranched alkanes of at least 4 members (excludes halogenated alkanes) is 1. The predicted octanol–water partition coefficient (Wildman–Crippen LogP) is 9.30. The Hall–Kier alpha value is -0.260. The molecule has 0 aliphatic heterocycles. The number of allylic oxidation sites excluding steroid dienone is 1. The van der Waals surface area contributed by atoms with Gasteiger partial charge in [0, 0.05) is 2.85 Å². The van der Waals surface area contributed by atoms with Gasteiger partial charge in [-0.1, -0.05) is 66.0 Å². The van der Waals surface area contributed by atoms with E-state index in [2.05, 4.69) is 41.2 Å². The fourth-order valence-corrected chi connectivity index (χ4v) is 9.36. The zero-order valence-corrected chi connectivity index (χ0v) is 19.8. The topological polar surface area (TPSA) is 0 Å². The fraction of sp³-hybridized carbons (Fsp3) is 0.929. The Morgan fingerprint density at radius 2 is 1.61 bits per heavy atom. The Bertz CT molecular complexity index is 597. The van der Waals surface area contributed by atoms with Gasteiger partial charge in [-0.3, -0.25) is 0 Å². The lowest BCUT2D eigenvalue weighted by atomic mass is 9.39. The smallest absolute Gasteiger partial charge is 0 e. The molecule has 2 unspecified atom stereocenters. The van der Waals surface area contributed by atoms with Crippen LogP contribution in [0.2, 0.25) is 0 Å². The van der Waals surface area contributed by atoms with E-state index in [1.807, 2.05) is 0 Å². The molecule has 0 nitrogen and oxygen atoms in total. The molecule has 0 bridgehead atoms. The summed E-state index contributed by atoms with van der Waals surface area (Å²) in [5.41, 5.74) is 3.41. The van der Waals surface area contributed by atoms with Gasteiger partial charge in [0.1, 0.15) is 0 Å². The van der Waals surface area contributed by atoms with Crippen molar-refractivity contribution in [3.8, 4) is 0 Å². The van der Waals surface area contributed by atoms with E-state index in [1.54, 1.807) is 5.57 Å². The fourth-order valence-electron chi connectivity index (χ4n) is 9.36. The van der Waals surface area contributed by atoms with E-state index in [1.165, 1.54) is 83.5 Å². The molecule has 0 saturated heterocycles. The summed E-state index contributed by atoms with van der Waals surface area (Å²) in [5, 5.41) is 0. The van der Waals surface area contributed by atoms with Crippen LogP contribution >= 0.6 is 0 Å². The highest BCUT2D eigenvalue weighted by atomic mass is 14.7. The number of fused-ring (bicyclic) bond motifs is 5. The quantitative estimate of drug-likeness (QED) is 0.325. The number of hydrogen-bond acceptors (Lipinski definition) is 0. The van der Waals surface area contributed by atoms with Gasteiger partial charge in [0.15, 0.2) is 0 Å². The van der Waals surface area contributed by atoms with E-state index in [-0.39, 0.29) is 2.85 Å². The van der Waals surface area contributed by atoms with Crippen LogP contribution in [0.4, 0.5) is 0 Å². The molecule has 4 fully saturated rings. The minimum Gasteiger partial charge on any atom is -0.0999 e. The summed E-state index contributed by atoms with van der Waals surface area (Å²) in [7, 11) is 0. The molecule has 164 valence electrons. The Balaban J connectivity index is 0.00000160. The number of rotatable bonds is 5. The monoisotopic (exact) mass is 388 g/mol. The van der Waals surface area contributed by atoms with E-state index >= 15 is 0 Å². The molecule has 4 saturated carbocycles. The highest BCUT2D eigenvalue weighted by Gasteiger charge is 2.64. The van der Waals surface area contributed by atoms with Crippen molar-refractivity contribution in [3.63, 3.8) is 0 Å². The summed E-state index contributed by atoms with van der Waals surface area (Å²) >= 11 is 0. The van der Waals surface area contributed by atoms with Gasteiger partial charge in [-0.15, -0.1) is 0 Å². The van der Waals surface area contributed by atoms with Crippen LogP contribution in [0, 0.1) is 45.8 Å². The van der Waals surface area contributed by atoms with Gasteiger partial charge in [-0.05, 0) is 110 Å². The molecule has 0 amide bonds. The third kappa shape index (κ3) is 3.24. The van der Waals surface area contributed by atoms with E-state index in [4.69, 9.17) is 0 Å². The Morgan fingerprint density at radius 1 is 0.893 bits per heavy atom.